The van der Waals surface area contributed by atoms with E-state index in [4.69, 9.17) is 26.2 Å². The van der Waals surface area contributed by atoms with Gasteiger partial charge in [0.15, 0.2) is 11.5 Å². The maximum Gasteiger partial charge on any atom is 0.328 e. The second kappa shape index (κ2) is 7.77. The number of carboxylic acid groups (broad SMARTS) is 1. The molecule has 20 heavy (non-hydrogen) atoms. The summed E-state index contributed by atoms with van der Waals surface area (Å²) in [5.41, 5.74) is 0.634. The fraction of sp³-hybridized carbons (Fsp3) is 0.357. The molecule has 0 aromatic heterocycles. The Morgan fingerprint density at radius 3 is 2.70 bits per heavy atom. The van der Waals surface area contributed by atoms with Crippen LogP contribution in [0.15, 0.2) is 18.2 Å². The highest BCUT2D eigenvalue weighted by molar-refractivity contribution is 6.32. The number of methoxy groups -OCH3 is 1. The third-order valence-corrected chi connectivity index (χ3v) is 2.74. The molecule has 0 fully saturated rings. The normalized spacial score (nSPS) is 11.1. The molecule has 0 radical (unpaired) electrons. The van der Waals surface area contributed by atoms with Gasteiger partial charge in [0, 0.05) is 12.6 Å². The van der Waals surface area contributed by atoms with Gasteiger partial charge in [0.05, 0.1) is 12.1 Å². The zero-order chi connectivity index (χ0) is 15.1. The Morgan fingerprint density at radius 2 is 2.15 bits per heavy atom. The zero-order valence-electron chi connectivity index (χ0n) is 11.7. The molecule has 0 unspecified atom stereocenters. The van der Waals surface area contributed by atoms with Crippen molar-refractivity contribution >= 4 is 23.6 Å². The highest BCUT2D eigenvalue weighted by Gasteiger charge is 2.11. The van der Waals surface area contributed by atoms with Gasteiger partial charge in [-0.2, -0.15) is 0 Å². The van der Waals surface area contributed by atoms with Crippen LogP contribution in [0.2, 0.25) is 5.02 Å². The van der Waals surface area contributed by atoms with Crippen LogP contribution in [-0.4, -0.2) is 50.3 Å². The Morgan fingerprint density at radius 1 is 1.45 bits per heavy atom. The van der Waals surface area contributed by atoms with E-state index in [9.17, 15) is 4.79 Å². The van der Waals surface area contributed by atoms with Crippen LogP contribution in [0.4, 0.5) is 0 Å². The molecule has 0 saturated heterocycles. The lowest BCUT2D eigenvalue weighted by atomic mass is 10.2. The van der Waals surface area contributed by atoms with Crippen molar-refractivity contribution < 1.29 is 19.4 Å². The van der Waals surface area contributed by atoms with Crippen LogP contribution < -0.4 is 9.47 Å². The molecular weight excluding hydrogens is 282 g/mol. The largest absolute Gasteiger partial charge is 0.493 e. The van der Waals surface area contributed by atoms with Crippen molar-refractivity contribution in [3.63, 3.8) is 0 Å². The number of rotatable bonds is 7. The van der Waals surface area contributed by atoms with Crippen LogP contribution in [-0.2, 0) is 4.79 Å². The minimum Gasteiger partial charge on any atom is -0.493 e. The quantitative estimate of drug-likeness (QED) is 0.783. The molecular formula is C14H18ClNO4. The average Bonchev–Trinajstić information content (AvgIpc) is 2.37. The third kappa shape index (κ3) is 5.11. The minimum atomic E-state index is -1.02. The summed E-state index contributed by atoms with van der Waals surface area (Å²) in [6.07, 6.45) is 2.48. The highest BCUT2D eigenvalue weighted by atomic mass is 35.5. The molecule has 0 bridgehead atoms. The molecule has 0 spiro atoms. The van der Waals surface area contributed by atoms with Gasteiger partial charge in [-0.05, 0) is 37.9 Å². The van der Waals surface area contributed by atoms with E-state index in [0.29, 0.717) is 28.7 Å². The van der Waals surface area contributed by atoms with Gasteiger partial charge in [-0.15, -0.1) is 0 Å². The maximum absolute atomic E-state index is 10.5. The van der Waals surface area contributed by atoms with Gasteiger partial charge >= 0.3 is 5.97 Å². The van der Waals surface area contributed by atoms with E-state index in [1.165, 1.54) is 13.2 Å². The smallest absolute Gasteiger partial charge is 0.328 e. The van der Waals surface area contributed by atoms with E-state index in [1.807, 2.05) is 19.0 Å². The summed E-state index contributed by atoms with van der Waals surface area (Å²) >= 11 is 6.14. The topological polar surface area (TPSA) is 59.0 Å². The summed E-state index contributed by atoms with van der Waals surface area (Å²) < 4.78 is 10.8. The van der Waals surface area contributed by atoms with Gasteiger partial charge in [-0.3, -0.25) is 0 Å². The number of hydrogen-bond acceptors (Lipinski definition) is 4. The minimum absolute atomic E-state index is 0.383. The van der Waals surface area contributed by atoms with E-state index in [-0.39, 0.29) is 0 Å². The van der Waals surface area contributed by atoms with Gasteiger partial charge in [0.1, 0.15) is 6.61 Å². The first kappa shape index (κ1) is 16.3. The maximum atomic E-state index is 10.5. The molecule has 1 aromatic rings. The van der Waals surface area contributed by atoms with Gasteiger partial charge in [-0.25, -0.2) is 4.79 Å². The average molecular weight is 300 g/mol. The fourth-order valence-corrected chi connectivity index (χ4v) is 1.75. The van der Waals surface area contributed by atoms with Crippen LogP contribution in [0.1, 0.15) is 5.56 Å². The molecule has 0 aliphatic carbocycles. The second-order valence-electron chi connectivity index (χ2n) is 4.36. The molecule has 1 rings (SSSR count). The number of benzene rings is 1. The fourth-order valence-electron chi connectivity index (χ4n) is 1.47. The van der Waals surface area contributed by atoms with Gasteiger partial charge < -0.3 is 19.5 Å². The van der Waals surface area contributed by atoms with Gasteiger partial charge in [-0.1, -0.05) is 11.6 Å². The summed E-state index contributed by atoms with van der Waals surface area (Å²) in [7, 11) is 5.40. The van der Waals surface area contributed by atoms with Crippen LogP contribution in [0.3, 0.4) is 0 Å². The first-order valence-corrected chi connectivity index (χ1v) is 6.38. The number of carbonyl (C=O) groups is 1. The summed E-state index contributed by atoms with van der Waals surface area (Å²) in [5, 5.41) is 9.00. The Bertz CT molecular complexity index is 500. The molecule has 0 aliphatic heterocycles. The molecule has 1 N–H and O–H groups in total. The number of ether oxygens (including phenoxy) is 2. The summed E-state index contributed by atoms with van der Waals surface area (Å²) in [4.78, 5) is 12.5. The third-order valence-electron chi connectivity index (χ3n) is 2.46. The van der Waals surface area contributed by atoms with Crippen LogP contribution in [0.5, 0.6) is 11.5 Å². The highest BCUT2D eigenvalue weighted by Crippen LogP contribution is 2.36. The van der Waals surface area contributed by atoms with Crippen LogP contribution >= 0.6 is 11.6 Å². The first-order valence-electron chi connectivity index (χ1n) is 6.00. The molecule has 0 amide bonds. The molecule has 110 valence electrons. The molecule has 0 aliphatic rings. The van der Waals surface area contributed by atoms with Crippen molar-refractivity contribution in [2.45, 2.75) is 0 Å². The Kier molecular flexibility index (Phi) is 6.35. The number of aliphatic carboxylic acids is 1. The van der Waals surface area contributed by atoms with E-state index in [2.05, 4.69) is 0 Å². The Labute approximate surface area is 123 Å². The number of halogens is 1. The zero-order valence-corrected chi connectivity index (χ0v) is 12.5. The predicted octanol–water partition coefficient (Wildman–Crippen LogP) is 2.39. The van der Waals surface area contributed by atoms with Crippen molar-refractivity contribution in [2.75, 3.05) is 34.4 Å². The molecule has 5 nitrogen and oxygen atoms in total. The molecule has 0 saturated carbocycles. The number of hydrogen-bond donors (Lipinski definition) is 1. The van der Waals surface area contributed by atoms with Gasteiger partial charge in [0.2, 0.25) is 0 Å². The van der Waals surface area contributed by atoms with Crippen molar-refractivity contribution in [1.29, 1.82) is 0 Å². The number of likely N-dealkylation sites (N-methyl/N-ethyl adjacent to an activating group) is 1. The van der Waals surface area contributed by atoms with E-state index < -0.39 is 5.97 Å². The Balaban J connectivity index is 2.93. The standard InChI is InChI=1S/C14H18ClNO4/c1-16(2)6-7-20-14-11(15)8-10(4-5-13(17)18)9-12(14)19-3/h4-5,8-9H,6-7H2,1-3H3,(H,17,18). The first-order chi connectivity index (χ1) is 9.43. The lowest BCUT2D eigenvalue weighted by Gasteiger charge is -2.15. The van der Waals surface area contributed by atoms with E-state index in [1.54, 1.807) is 12.1 Å². The van der Waals surface area contributed by atoms with E-state index in [0.717, 1.165) is 12.6 Å². The molecule has 6 heteroatoms. The molecule has 0 heterocycles. The van der Waals surface area contributed by atoms with Crippen molar-refractivity contribution in [3.8, 4) is 11.5 Å². The van der Waals surface area contributed by atoms with Gasteiger partial charge in [0.25, 0.3) is 0 Å². The van der Waals surface area contributed by atoms with Crippen LogP contribution in [0, 0.1) is 0 Å². The van der Waals surface area contributed by atoms with Crippen LogP contribution in [0.25, 0.3) is 6.08 Å². The summed E-state index contributed by atoms with van der Waals surface area (Å²) in [6, 6.07) is 3.31. The number of nitrogens with zero attached hydrogens (tertiary/aromatic N) is 1. The van der Waals surface area contributed by atoms with Crippen molar-refractivity contribution in [2.24, 2.45) is 0 Å². The number of carboxylic acids is 1. The lowest BCUT2D eigenvalue weighted by molar-refractivity contribution is -0.131. The summed E-state index contributed by atoms with van der Waals surface area (Å²) in [6.45, 7) is 1.23. The van der Waals surface area contributed by atoms with E-state index >= 15 is 0 Å². The lowest BCUT2D eigenvalue weighted by Crippen LogP contribution is -2.19. The predicted molar refractivity (Wildman–Crippen MR) is 78.7 cm³/mol. The summed E-state index contributed by atoms with van der Waals surface area (Å²) in [5.74, 6) is -0.0869. The second-order valence-corrected chi connectivity index (χ2v) is 4.76. The van der Waals surface area contributed by atoms with Crippen molar-refractivity contribution in [3.05, 3.63) is 28.8 Å². The van der Waals surface area contributed by atoms with Crippen molar-refractivity contribution in [1.82, 2.24) is 4.90 Å². The molecule has 0 atom stereocenters. The molecule has 1 aromatic carbocycles. The SMILES string of the molecule is COc1cc(C=CC(=O)O)cc(Cl)c1OCCN(C)C. The Hall–Kier alpha value is -1.72. The monoisotopic (exact) mass is 299 g/mol.